The van der Waals surface area contributed by atoms with Gasteiger partial charge in [0.1, 0.15) is 6.61 Å². The van der Waals surface area contributed by atoms with Crippen molar-refractivity contribution in [2.45, 2.75) is 13.3 Å². The first-order valence-electron chi connectivity index (χ1n) is 2.54. The molecule has 0 aromatic heterocycles. The van der Waals surface area contributed by atoms with Gasteiger partial charge in [0.05, 0.1) is 0 Å². The van der Waals surface area contributed by atoms with Gasteiger partial charge in [-0.1, -0.05) is 5.57 Å². The van der Waals surface area contributed by atoms with Crippen molar-refractivity contribution >= 4 is 8.25 Å². The van der Waals surface area contributed by atoms with E-state index in [1.165, 1.54) is 0 Å². The highest BCUT2D eigenvalue weighted by Gasteiger charge is 1.98. The zero-order chi connectivity index (χ0) is 7.28. The molecule has 0 aliphatic rings. The van der Waals surface area contributed by atoms with Crippen LogP contribution in [-0.2, 0) is 9.09 Å². The normalized spacial score (nSPS) is 11.1. The highest BCUT2D eigenvalue weighted by molar-refractivity contribution is 7.30. The maximum Gasteiger partial charge on any atom is 0.488 e. The third-order valence-corrected chi connectivity index (χ3v) is 1.12. The van der Waals surface area contributed by atoms with Gasteiger partial charge < -0.3 is 4.89 Å². The molecule has 3 nitrogen and oxygen atoms in total. The molecule has 0 N–H and O–H groups in total. The van der Waals surface area contributed by atoms with E-state index in [9.17, 15) is 9.46 Å². The topological polar surface area (TPSA) is 49.4 Å². The predicted molar refractivity (Wildman–Crippen MR) is 33.0 cm³/mol. The predicted octanol–water partition coefficient (Wildman–Crippen LogP) is 0.987. The monoisotopic (exact) mass is 148 g/mol. The molecule has 4 heteroatoms. The Morgan fingerprint density at radius 1 is 1.89 bits per heavy atom. The fourth-order valence-electron chi connectivity index (χ4n) is 0.294. The van der Waals surface area contributed by atoms with Crippen LogP contribution in [0.3, 0.4) is 0 Å². The van der Waals surface area contributed by atoms with Gasteiger partial charge in [0.2, 0.25) is 0 Å². The molecule has 0 spiro atoms. The van der Waals surface area contributed by atoms with E-state index < -0.39 is 8.25 Å². The molecule has 0 aliphatic carbocycles. The van der Waals surface area contributed by atoms with Gasteiger partial charge in [-0.3, -0.25) is 0 Å². The molecule has 52 valence electrons. The number of hydrogen-bond donors (Lipinski definition) is 0. The summed E-state index contributed by atoms with van der Waals surface area (Å²) in [7, 11) is -2.67. The van der Waals surface area contributed by atoms with Crippen molar-refractivity contribution in [3.63, 3.8) is 0 Å². The van der Waals surface area contributed by atoms with Crippen LogP contribution in [0.1, 0.15) is 13.3 Å². The molecule has 0 fully saturated rings. The molecule has 0 saturated heterocycles. The van der Waals surface area contributed by atoms with Gasteiger partial charge in [0.25, 0.3) is 0 Å². The standard InChI is InChI=1S/C5H9O3P/c1-5(2)3-4-8-9(6)7/h1,3-4H2,2H3. The van der Waals surface area contributed by atoms with Crippen molar-refractivity contribution in [3.8, 4) is 0 Å². The lowest BCUT2D eigenvalue weighted by atomic mass is 10.3. The highest BCUT2D eigenvalue weighted by atomic mass is 31.1. The molecule has 0 heterocycles. The minimum atomic E-state index is -2.67. The Kier molecular flexibility index (Phi) is 4.50. The van der Waals surface area contributed by atoms with Crippen molar-refractivity contribution in [3.05, 3.63) is 12.2 Å². The van der Waals surface area contributed by atoms with Crippen molar-refractivity contribution in [2.24, 2.45) is 0 Å². The van der Waals surface area contributed by atoms with Crippen LogP contribution >= 0.6 is 8.25 Å². The summed E-state index contributed by atoms with van der Waals surface area (Å²) in [5.41, 5.74) is 0.923. The number of rotatable bonds is 4. The molecule has 1 atom stereocenters. The van der Waals surface area contributed by atoms with E-state index in [4.69, 9.17) is 0 Å². The lowest BCUT2D eigenvalue weighted by molar-refractivity contribution is -0.185. The third kappa shape index (κ3) is 7.76. The van der Waals surface area contributed by atoms with Crippen molar-refractivity contribution in [2.75, 3.05) is 6.61 Å². The Labute approximate surface area is 55.3 Å². The summed E-state index contributed by atoms with van der Waals surface area (Å²) in [6.45, 7) is 5.61. The van der Waals surface area contributed by atoms with Crippen LogP contribution in [0.4, 0.5) is 0 Å². The van der Waals surface area contributed by atoms with E-state index in [0.29, 0.717) is 6.42 Å². The van der Waals surface area contributed by atoms with Crippen molar-refractivity contribution in [1.29, 1.82) is 0 Å². The molecule has 0 bridgehead atoms. The second kappa shape index (κ2) is 4.62. The maximum atomic E-state index is 9.77. The zero-order valence-corrected chi connectivity index (χ0v) is 6.19. The van der Waals surface area contributed by atoms with Crippen LogP contribution < -0.4 is 4.89 Å². The van der Waals surface area contributed by atoms with Crippen molar-refractivity contribution < 1.29 is 14.0 Å². The van der Waals surface area contributed by atoms with Crippen LogP contribution in [0.15, 0.2) is 12.2 Å². The summed E-state index contributed by atoms with van der Waals surface area (Å²) in [5.74, 6) is 0. The lowest BCUT2D eigenvalue weighted by Crippen LogP contribution is -1.93. The van der Waals surface area contributed by atoms with E-state index in [-0.39, 0.29) is 6.61 Å². The van der Waals surface area contributed by atoms with Crippen LogP contribution in [0.25, 0.3) is 0 Å². The van der Waals surface area contributed by atoms with Gasteiger partial charge in [-0.25, -0.2) is 0 Å². The summed E-state index contributed by atoms with van der Waals surface area (Å²) < 4.78 is 14.0. The minimum absolute atomic E-state index is 0.216. The van der Waals surface area contributed by atoms with Gasteiger partial charge in [-0.05, 0) is 17.9 Å². The Morgan fingerprint density at radius 3 is 2.78 bits per heavy atom. The SMILES string of the molecule is C=C(C)CCO[P+](=O)[O-]. The molecule has 0 saturated carbocycles. The molecule has 0 amide bonds. The molecule has 0 aromatic carbocycles. The third-order valence-electron chi connectivity index (χ3n) is 0.726. The molecule has 1 unspecified atom stereocenters. The fourth-order valence-corrected chi connectivity index (χ4v) is 0.535. The molecule has 0 radical (unpaired) electrons. The molecular formula is C5H9O3P. The summed E-state index contributed by atoms with van der Waals surface area (Å²) in [4.78, 5) is 9.77. The second-order valence-electron chi connectivity index (χ2n) is 1.76. The van der Waals surface area contributed by atoms with Crippen LogP contribution in [0.5, 0.6) is 0 Å². The summed E-state index contributed by atoms with van der Waals surface area (Å²) in [6, 6.07) is 0. The Hall–Kier alpha value is -0.240. The molecule has 0 aromatic rings. The van der Waals surface area contributed by atoms with Crippen LogP contribution in [0, 0.1) is 0 Å². The van der Waals surface area contributed by atoms with Crippen LogP contribution in [-0.4, -0.2) is 6.61 Å². The summed E-state index contributed by atoms with van der Waals surface area (Å²) >= 11 is 0. The molecule has 0 aliphatic heterocycles. The van der Waals surface area contributed by atoms with Crippen molar-refractivity contribution in [1.82, 2.24) is 0 Å². The smallest absolute Gasteiger partial charge is 0.488 e. The van der Waals surface area contributed by atoms with E-state index in [0.717, 1.165) is 5.57 Å². The fraction of sp³-hybridized carbons (Fsp3) is 0.600. The average Bonchev–Trinajstić information content (AvgIpc) is 1.63. The quantitative estimate of drug-likeness (QED) is 0.441. The maximum absolute atomic E-state index is 9.77. The van der Waals surface area contributed by atoms with E-state index in [1.807, 2.05) is 6.92 Å². The Balaban J connectivity index is 3.10. The van der Waals surface area contributed by atoms with Gasteiger partial charge in [0.15, 0.2) is 0 Å². The Morgan fingerprint density at radius 2 is 2.44 bits per heavy atom. The molecule has 9 heavy (non-hydrogen) atoms. The molecular weight excluding hydrogens is 139 g/mol. The lowest BCUT2D eigenvalue weighted by Gasteiger charge is -1.91. The van der Waals surface area contributed by atoms with Gasteiger partial charge in [0, 0.05) is 0 Å². The van der Waals surface area contributed by atoms with Gasteiger partial charge in [-0.2, -0.15) is 0 Å². The summed E-state index contributed by atoms with van der Waals surface area (Å²) in [6.07, 6.45) is 0.601. The first kappa shape index (κ1) is 8.76. The first-order chi connectivity index (χ1) is 4.13. The Bertz CT molecular complexity index is 107. The first-order valence-corrected chi connectivity index (χ1v) is 3.64. The largest absolute Gasteiger partial charge is 0.566 e. The highest BCUT2D eigenvalue weighted by Crippen LogP contribution is 2.09. The van der Waals surface area contributed by atoms with Crippen LogP contribution in [0.2, 0.25) is 0 Å². The molecule has 0 rings (SSSR count). The van der Waals surface area contributed by atoms with Gasteiger partial charge >= 0.3 is 8.25 Å². The zero-order valence-electron chi connectivity index (χ0n) is 5.29. The van der Waals surface area contributed by atoms with E-state index in [1.54, 1.807) is 0 Å². The van der Waals surface area contributed by atoms with E-state index in [2.05, 4.69) is 11.1 Å². The number of hydrogen-bond acceptors (Lipinski definition) is 3. The summed E-state index contributed by atoms with van der Waals surface area (Å²) in [5, 5.41) is 0. The second-order valence-corrected chi connectivity index (χ2v) is 2.47. The van der Waals surface area contributed by atoms with Gasteiger partial charge in [-0.15, -0.1) is 11.1 Å². The van der Waals surface area contributed by atoms with E-state index >= 15 is 0 Å². The average molecular weight is 148 g/mol. The minimum Gasteiger partial charge on any atom is -0.566 e.